The van der Waals surface area contributed by atoms with Crippen LogP contribution in [0.1, 0.15) is 34.0 Å². The molecule has 3 aromatic carbocycles. The summed E-state index contributed by atoms with van der Waals surface area (Å²) in [6, 6.07) is 24.1. The molecule has 0 fully saturated rings. The third-order valence-corrected chi connectivity index (χ3v) is 5.53. The first kappa shape index (κ1) is 24.5. The number of nitrogens with one attached hydrogen (secondary N) is 2. The predicted octanol–water partition coefficient (Wildman–Crippen LogP) is 5.05. The van der Waals surface area contributed by atoms with Crippen molar-refractivity contribution in [2.24, 2.45) is 0 Å². The Hall–Kier alpha value is -4.59. The third-order valence-electron chi connectivity index (χ3n) is 5.53. The molecule has 0 radical (unpaired) electrons. The number of aryl methyl sites for hydroxylation is 1. The average molecular weight is 485 g/mol. The van der Waals surface area contributed by atoms with E-state index in [0.29, 0.717) is 18.0 Å². The fraction of sp³-hybridized carbons (Fsp3) is 0.179. The lowest BCUT2D eigenvalue weighted by molar-refractivity contribution is 0.0594. The van der Waals surface area contributed by atoms with E-state index in [4.69, 9.17) is 9.47 Å². The second-order valence-electron chi connectivity index (χ2n) is 8.06. The molecule has 0 aliphatic carbocycles. The van der Waals surface area contributed by atoms with Gasteiger partial charge >= 0.3 is 12.0 Å². The van der Waals surface area contributed by atoms with Crippen molar-refractivity contribution in [3.63, 3.8) is 0 Å². The molecule has 0 spiro atoms. The summed E-state index contributed by atoms with van der Waals surface area (Å²) in [4.78, 5) is 29.0. The van der Waals surface area contributed by atoms with Crippen molar-refractivity contribution in [2.45, 2.75) is 19.1 Å². The molecule has 0 saturated carbocycles. The Morgan fingerprint density at radius 2 is 1.67 bits per heavy atom. The second-order valence-corrected chi connectivity index (χ2v) is 8.06. The maximum Gasteiger partial charge on any atom is 0.341 e. The van der Waals surface area contributed by atoms with Crippen LogP contribution in [0.5, 0.6) is 5.75 Å². The number of anilines is 1. The van der Waals surface area contributed by atoms with Crippen LogP contribution < -0.4 is 15.4 Å². The van der Waals surface area contributed by atoms with Crippen LogP contribution in [0.3, 0.4) is 0 Å². The number of esters is 1. The van der Waals surface area contributed by atoms with Crippen molar-refractivity contribution >= 4 is 17.7 Å². The zero-order chi connectivity index (χ0) is 25.2. The highest BCUT2D eigenvalue weighted by Crippen LogP contribution is 2.32. The summed E-state index contributed by atoms with van der Waals surface area (Å²) in [7, 11) is 1.31. The van der Waals surface area contributed by atoms with Crippen molar-refractivity contribution in [2.75, 3.05) is 19.0 Å². The van der Waals surface area contributed by atoms with Gasteiger partial charge in [0.25, 0.3) is 0 Å². The first-order chi connectivity index (χ1) is 17.6. The number of carbonyl (C=O) groups is 2. The van der Waals surface area contributed by atoms with Crippen LogP contribution in [0.15, 0.2) is 97.6 Å². The normalized spacial score (nSPS) is 10.6. The molecule has 2 amide bonds. The Kier molecular flexibility index (Phi) is 8.32. The van der Waals surface area contributed by atoms with Gasteiger partial charge in [0.05, 0.1) is 13.4 Å². The van der Waals surface area contributed by atoms with Crippen LogP contribution in [0.4, 0.5) is 10.5 Å². The number of amides is 2. The molecule has 0 aliphatic rings. The van der Waals surface area contributed by atoms with E-state index in [0.717, 1.165) is 24.1 Å². The van der Waals surface area contributed by atoms with Gasteiger partial charge in [-0.2, -0.15) is 0 Å². The van der Waals surface area contributed by atoms with E-state index in [1.165, 1.54) is 7.11 Å². The summed E-state index contributed by atoms with van der Waals surface area (Å²) in [6.07, 6.45) is 5.64. The second kappa shape index (κ2) is 12.2. The Morgan fingerprint density at radius 1 is 0.972 bits per heavy atom. The standard InChI is InChI=1S/C28H28N4O4/c1-35-27(33)24-19-23(31-28(34)30-15-8-17-32-18-16-29-20-32)13-14-25(24)36-26(21-9-4-2-5-10-21)22-11-6-3-7-12-22/h2-7,9-14,16,18-20,26H,8,15,17H2,1H3,(H2,30,31,34). The molecule has 0 bridgehead atoms. The van der Waals surface area contributed by atoms with E-state index < -0.39 is 12.1 Å². The summed E-state index contributed by atoms with van der Waals surface area (Å²) < 4.78 is 13.3. The smallest absolute Gasteiger partial charge is 0.341 e. The summed E-state index contributed by atoms with van der Waals surface area (Å²) >= 11 is 0. The number of ether oxygens (including phenoxy) is 2. The molecular weight excluding hydrogens is 456 g/mol. The summed E-state index contributed by atoms with van der Waals surface area (Å²) in [5.41, 5.74) is 2.55. The molecule has 1 heterocycles. The number of imidazole rings is 1. The number of hydrogen-bond donors (Lipinski definition) is 2. The molecule has 4 rings (SSSR count). The lowest BCUT2D eigenvalue weighted by Crippen LogP contribution is -2.30. The van der Waals surface area contributed by atoms with Gasteiger partial charge in [0, 0.05) is 31.2 Å². The van der Waals surface area contributed by atoms with Gasteiger partial charge in [-0.3, -0.25) is 0 Å². The molecule has 0 aliphatic heterocycles. The van der Waals surface area contributed by atoms with Crippen LogP contribution >= 0.6 is 0 Å². The van der Waals surface area contributed by atoms with Crippen LogP contribution in [0, 0.1) is 0 Å². The fourth-order valence-electron chi connectivity index (χ4n) is 3.75. The number of urea groups is 1. The monoisotopic (exact) mass is 484 g/mol. The van der Waals surface area contributed by atoms with Crippen LogP contribution in [0.2, 0.25) is 0 Å². The summed E-state index contributed by atoms with van der Waals surface area (Å²) in [5.74, 6) is -0.208. The van der Waals surface area contributed by atoms with Gasteiger partial charge in [0.1, 0.15) is 17.4 Å². The minimum Gasteiger partial charge on any atom is -0.480 e. The number of nitrogens with zero attached hydrogens (tertiary/aromatic N) is 2. The maximum absolute atomic E-state index is 12.6. The minimum absolute atomic E-state index is 0.215. The number of benzene rings is 3. The molecule has 8 heteroatoms. The van der Waals surface area contributed by atoms with Gasteiger partial charge in [0.15, 0.2) is 0 Å². The number of methoxy groups -OCH3 is 1. The van der Waals surface area contributed by atoms with Crippen LogP contribution in [-0.4, -0.2) is 35.2 Å². The Balaban J connectivity index is 1.48. The zero-order valence-electron chi connectivity index (χ0n) is 20.0. The molecule has 0 atom stereocenters. The van der Waals surface area contributed by atoms with E-state index in [1.54, 1.807) is 30.7 Å². The number of aromatic nitrogens is 2. The number of carbonyl (C=O) groups excluding carboxylic acids is 2. The van der Waals surface area contributed by atoms with E-state index in [-0.39, 0.29) is 11.6 Å². The maximum atomic E-state index is 12.6. The van der Waals surface area contributed by atoms with Crippen LogP contribution in [-0.2, 0) is 11.3 Å². The van der Waals surface area contributed by atoms with Crippen LogP contribution in [0.25, 0.3) is 0 Å². The van der Waals surface area contributed by atoms with Gasteiger partial charge in [-0.1, -0.05) is 60.7 Å². The molecule has 8 nitrogen and oxygen atoms in total. The van der Waals surface area contributed by atoms with Gasteiger partial charge in [0.2, 0.25) is 0 Å². The molecule has 1 aromatic heterocycles. The SMILES string of the molecule is COC(=O)c1cc(NC(=O)NCCCn2ccnc2)ccc1OC(c1ccccc1)c1ccccc1. The highest BCUT2D eigenvalue weighted by molar-refractivity contribution is 5.96. The zero-order valence-corrected chi connectivity index (χ0v) is 20.0. The largest absolute Gasteiger partial charge is 0.480 e. The quantitative estimate of drug-likeness (QED) is 0.243. The van der Waals surface area contributed by atoms with Crippen molar-refractivity contribution in [1.82, 2.24) is 14.9 Å². The molecule has 0 saturated heterocycles. The average Bonchev–Trinajstić information content (AvgIpc) is 3.44. The van der Waals surface area contributed by atoms with Crippen molar-refractivity contribution in [3.05, 3.63) is 114 Å². The highest BCUT2D eigenvalue weighted by Gasteiger charge is 2.21. The van der Waals surface area contributed by atoms with Gasteiger partial charge in [-0.05, 0) is 35.7 Å². The number of rotatable bonds is 10. The lowest BCUT2D eigenvalue weighted by Gasteiger charge is -2.22. The van der Waals surface area contributed by atoms with E-state index in [1.807, 2.05) is 71.4 Å². The third kappa shape index (κ3) is 6.50. The summed E-state index contributed by atoms with van der Waals surface area (Å²) in [6.45, 7) is 1.24. The predicted molar refractivity (Wildman–Crippen MR) is 137 cm³/mol. The molecule has 2 N–H and O–H groups in total. The summed E-state index contributed by atoms with van der Waals surface area (Å²) in [5, 5.41) is 5.58. The molecule has 4 aromatic rings. The highest BCUT2D eigenvalue weighted by atomic mass is 16.5. The lowest BCUT2D eigenvalue weighted by atomic mass is 10.0. The first-order valence-corrected chi connectivity index (χ1v) is 11.6. The minimum atomic E-state index is -0.561. The first-order valence-electron chi connectivity index (χ1n) is 11.6. The Bertz CT molecular complexity index is 1220. The molecule has 184 valence electrons. The van der Waals surface area contributed by atoms with E-state index in [9.17, 15) is 9.59 Å². The fourth-order valence-corrected chi connectivity index (χ4v) is 3.75. The van der Waals surface area contributed by atoms with Crippen molar-refractivity contribution in [1.29, 1.82) is 0 Å². The topological polar surface area (TPSA) is 94.5 Å². The number of hydrogen-bond acceptors (Lipinski definition) is 5. The Labute approximate surface area is 209 Å². The van der Waals surface area contributed by atoms with Gasteiger partial charge in [-0.15, -0.1) is 0 Å². The molecule has 0 unspecified atom stereocenters. The van der Waals surface area contributed by atoms with E-state index >= 15 is 0 Å². The molecular formula is C28H28N4O4. The van der Waals surface area contributed by atoms with Gasteiger partial charge < -0.3 is 24.7 Å². The van der Waals surface area contributed by atoms with Crippen molar-refractivity contribution in [3.8, 4) is 5.75 Å². The van der Waals surface area contributed by atoms with Gasteiger partial charge in [-0.25, -0.2) is 14.6 Å². The van der Waals surface area contributed by atoms with E-state index in [2.05, 4.69) is 15.6 Å². The van der Waals surface area contributed by atoms with Crippen molar-refractivity contribution < 1.29 is 19.1 Å². The Morgan fingerprint density at radius 3 is 2.28 bits per heavy atom. The molecule has 36 heavy (non-hydrogen) atoms.